The molecule has 0 bridgehead atoms. The standard InChI is InChI=1S/C16H15Cl2NO3S/c1-10(2)23(21,22)12-6-3-5-11(9-12)16(20)19-14-8-4-7-13(17)15(14)18/h3-10H,1-2H3,(H,19,20). The molecule has 0 saturated carbocycles. The van der Waals surface area contributed by atoms with Crippen LogP contribution in [0.3, 0.4) is 0 Å². The van der Waals surface area contributed by atoms with Crippen LogP contribution in [0.25, 0.3) is 0 Å². The summed E-state index contributed by atoms with van der Waals surface area (Å²) in [6, 6.07) is 10.8. The van der Waals surface area contributed by atoms with Gasteiger partial charge in [-0.2, -0.15) is 0 Å². The summed E-state index contributed by atoms with van der Waals surface area (Å²) in [5.74, 6) is -0.463. The Hall–Kier alpha value is -1.56. The molecular weight excluding hydrogens is 357 g/mol. The largest absolute Gasteiger partial charge is 0.321 e. The zero-order chi connectivity index (χ0) is 17.2. The number of carbonyl (C=O) groups is 1. The van der Waals surface area contributed by atoms with Crippen LogP contribution in [0.15, 0.2) is 47.4 Å². The molecule has 0 radical (unpaired) electrons. The molecule has 2 rings (SSSR count). The molecule has 0 aromatic heterocycles. The number of sulfone groups is 1. The monoisotopic (exact) mass is 371 g/mol. The Morgan fingerprint density at radius 1 is 1.09 bits per heavy atom. The van der Waals surface area contributed by atoms with Gasteiger partial charge in [-0.25, -0.2) is 8.42 Å². The summed E-state index contributed by atoms with van der Waals surface area (Å²) in [7, 11) is -3.45. The topological polar surface area (TPSA) is 63.2 Å². The second kappa shape index (κ2) is 6.91. The van der Waals surface area contributed by atoms with Crippen molar-refractivity contribution < 1.29 is 13.2 Å². The minimum atomic E-state index is -3.45. The number of halogens is 2. The molecular formula is C16H15Cl2NO3S. The van der Waals surface area contributed by atoms with Gasteiger partial charge in [0, 0.05) is 5.56 Å². The molecule has 2 aromatic carbocycles. The Morgan fingerprint density at radius 2 is 1.74 bits per heavy atom. The van der Waals surface area contributed by atoms with Crippen LogP contribution in [0, 0.1) is 0 Å². The van der Waals surface area contributed by atoms with Gasteiger partial charge in [-0.15, -0.1) is 0 Å². The van der Waals surface area contributed by atoms with Crippen LogP contribution in [-0.4, -0.2) is 19.6 Å². The van der Waals surface area contributed by atoms with E-state index in [1.165, 1.54) is 24.3 Å². The van der Waals surface area contributed by atoms with Crippen LogP contribution >= 0.6 is 23.2 Å². The van der Waals surface area contributed by atoms with Crippen molar-refractivity contribution in [3.8, 4) is 0 Å². The predicted molar refractivity (Wildman–Crippen MR) is 93.2 cm³/mol. The van der Waals surface area contributed by atoms with E-state index >= 15 is 0 Å². The van der Waals surface area contributed by atoms with Crippen LogP contribution in [0.1, 0.15) is 24.2 Å². The minimum absolute atomic E-state index is 0.109. The Kier molecular flexibility index (Phi) is 5.34. The van der Waals surface area contributed by atoms with Gasteiger partial charge in [0.25, 0.3) is 5.91 Å². The van der Waals surface area contributed by atoms with Crippen LogP contribution in [0.5, 0.6) is 0 Å². The molecule has 0 atom stereocenters. The molecule has 4 nitrogen and oxygen atoms in total. The van der Waals surface area contributed by atoms with E-state index in [0.29, 0.717) is 10.7 Å². The number of hydrogen-bond acceptors (Lipinski definition) is 3. The van der Waals surface area contributed by atoms with Gasteiger partial charge in [0.05, 0.1) is 25.9 Å². The minimum Gasteiger partial charge on any atom is -0.321 e. The third kappa shape index (κ3) is 3.86. The van der Waals surface area contributed by atoms with E-state index in [0.717, 1.165) is 0 Å². The highest BCUT2D eigenvalue weighted by Crippen LogP contribution is 2.30. The van der Waals surface area contributed by atoms with Gasteiger partial charge in [0.15, 0.2) is 9.84 Å². The van der Waals surface area contributed by atoms with E-state index < -0.39 is 21.0 Å². The summed E-state index contributed by atoms with van der Waals surface area (Å²) in [6.45, 7) is 3.18. The molecule has 0 aliphatic carbocycles. The molecule has 0 aliphatic rings. The summed E-state index contributed by atoms with van der Waals surface area (Å²) in [5.41, 5.74) is 0.587. The summed E-state index contributed by atoms with van der Waals surface area (Å²) < 4.78 is 24.4. The lowest BCUT2D eigenvalue weighted by molar-refractivity contribution is 0.102. The third-order valence-corrected chi connectivity index (χ3v) is 6.22. The lowest BCUT2D eigenvalue weighted by Gasteiger charge is -2.11. The number of nitrogens with one attached hydrogen (secondary N) is 1. The average Bonchev–Trinajstić information content (AvgIpc) is 2.51. The number of benzene rings is 2. The third-order valence-electron chi connectivity index (χ3n) is 3.25. The fraction of sp³-hybridized carbons (Fsp3) is 0.188. The van der Waals surface area contributed by atoms with E-state index in [4.69, 9.17) is 23.2 Å². The molecule has 0 heterocycles. The van der Waals surface area contributed by atoms with Gasteiger partial charge in [0.1, 0.15) is 0 Å². The summed E-state index contributed by atoms with van der Waals surface area (Å²) >= 11 is 11.9. The zero-order valence-electron chi connectivity index (χ0n) is 12.5. The zero-order valence-corrected chi connectivity index (χ0v) is 14.8. The van der Waals surface area contributed by atoms with Gasteiger partial charge >= 0.3 is 0 Å². The SMILES string of the molecule is CC(C)S(=O)(=O)c1cccc(C(=O)Nc2cccc(Cl)c2Cl)c1. The van der Waals surface area contributed by atoms with Crippen molar-refractivity contribution in [2.45, 2.75) is 24.0 Å². The molecule has 1 amide bonds. The Bertz CT molecular complexity index is 848. The first kappa shape index (κ1) is 17.8. The number of rotatable bonds is 4. The molecule has 0 aliphatic heterocycles. The normalized spacial score (nSPS) is 11.5. The van der Waals surface area contributed by atoms with Crippen LogP contribution in [-0.2, 0) is 9.84 Å². The van der Waals surface area contributed by atoms with Gasteiger partial charge in [0.2, 0.25) is 0 Å². The molecule has 0 unspecified atom stereocenters. The first-order valence-corrected chi connectivity index (χ1v) is 9.13. The quantitative estimate of drug-likeness (QED) is 0.864. The predicted octanol–water partition coefficient (Wildman–Crippen LogP) is 4.43. The second-order valence-electron chi connectivity index (χ2n) is 5.18. The van der Waals surface area contributed by atoms with Gasteiger partial charge in [-0.05, 0) is 44.2 Å². The van der Waals surface area contributed by atoms with Crippen molar-refractivity contribution in [1.82, 2.24) is 0 Å². The van der Waals surface area contributed by atoms with Crippen molar-refractivity contribution in [3.63, 3.8) is 0 Å². The van der Waals surface area contributed by atoms with E-state index in [9.17, 15) is 13.2 Å². The lowest BCUT2D eigenvalue weighted by Crippen LogP contribution is -2.16. The summed E-state index contributed by atoms with van der Waals surface area (Å²) in [6.07, 6.45) is 0. The van der Waals surface area contributed by atoms with E-state index in [2.05, 4.69) is 5.32 Å². The molecule has 0 fully saturated rings. The van der Waals surface area contributed by atoms with Gasteiger partial charge < -0.3 is 5.32 Å². The maximum Gasteiger partial charge on any atom is 0.255 e. The van der Waals surface area contributed by atoms with Crippen molar-refractivity contribution in [1.29, 1.82) is 0 Å². The summed E-state index contributed by atoms with van der Waals surface area (Å²) in [4.78, 5) is 12.4. The number of hydrogen-bond donors (Lipinski definition) is 1. The maximum absolute atomic E-state index is 12.3. The van der Waals surface area contributed by atoms with E-state index in [1.54, 1.807) is 32.0 Å². The van der Waals surface area contributed by atoms with Gasteiger partial charge in [-0.1, -0.05) is 35.3 Å². The van der Waals surface area contributed by atoms with Crippen molar-refractivity contribution in [2.24, 2.45) is 0 Å². The Labute approximate surface area is 145 Å². The fourth-order valence-corrected chi connectivity index (χ4v) is 3.33. The molecule has 23 heavy (non-hydrogen) atoms. The second-order valence-corrected chi connectivity index (χ2v) is 8.47. The fourth-order valence-electron chi connectivity index (χ4n) is 1.88. The highest BCUT2D eigenvalue weighted by molar-refractivity contribution is 7.92. The molecule has 122 valence electrons. The first-order valence-electron chi connectivity index (χ1n) is 6.83. The molecule has 0 saturated heterocycles. The average molecular weight is 372 g/mol. The molecule has 0 spiro atoms. The maximum atomic E-state index is 12.3. The van der Waals surface area contributed by atoms with E-state index in [-0.39, 0.29) is 15.5 Å². The van der Waals surface area contributed by atoms with E-state index in [1.807, 2.05) is 0 Å². The highest BCUT2D eigenvalue weighted by atomic mass is 35.5. The highest BCUT2D eigenvalue weighted by Gasteiger charge is 2.20. The van der Waals surface area contributed by atoms with Crippen molar-refractivity contribution >= 4 is 44.6 Å². The Balaban J connectivity index is 2.33. The molecule has 2 aromatic rings. The summed E-state index contributed by atoms with van der Waals surface area (Å²) in [5, 5.41) is 2.61. The Morgan fingerprint density at radius 3 is 2.39 bits per heavy atom. The van der Waals surface area contributed by atoms with Crippen LogP contribution in [0.2, 0.25) is 10.0 Å². The van der Waals surface area contributed by atoms with Crippen LogP contribution in [0.4, 0.5) is 5.69 Å². The number of amides is 1. The lowest BCUT2D eigenvalue weighted by atomic mass is 10.2. The van der Waals surface area contributed by atoms with Crippen molar-refractivity contribution in [2.75, 3.05) is 5.32 Å². The van der Waals surface area contributed by atoms with Gasteiger partial charge in [-0.3, -0.25) is 4.79 Å². The van der Waals surface area contributed by atoms with Crippen LogP contribution < -0.4 is 5.32 Å². The van der Waals surface area contributed by atoms with Crippen molar-refractivity contribution in [3.05, 3.63) is 58.1 Å². The number of anilines is 1. The smallest absolute Gasteiger partial charge is 0.255 e. The molecule has 1 N–H and O–H groups in total. The molecule has 7 heteroatoms. The number of carbonyl (C=O) groups excluding carboxylic acids is 1. The first-order chi connectivity index (χ1) is 10.7.